The first-order valence-corrected chi connectivity index (χ1v) is 7.82. The Bertz CT molecular complexity index is 520. The summed E-state index contributed by atoms with van der Waals surface area (Å²) in [5.74, 6) is 0. The predicted molar refractivity (Wildman–Crippen MR) is 87.8 cm³/mol. The van der Waals surface area contributed by atoms with Crippen molar-refractivity contribution in [1.29, 1.82) is 0 Å². The van der Waals surface area contributed by atoms with Crippen LogP contribution in [0, 0.1) is 0 Å². The summed E-state index contributed by atoms with van der Waals surface area (Å²) < 4.78 is 13.4. The number of hydrogen-bond acceptors (Lipinski definition) is 2. The maximum Gasteiger partial charge on any atom is 0.114 e. The molecule has 0 aromatic heterocycles. The third-order valence-electron chi connectivity index (χ3n) is 3.21. The van der Waals surface area contributed by atoms with Crippen molar-refractivity contribution >= 4 is 31.9 Å². The van der Waals surface area contributed by atoms with Gasteiger partial charge in [-0.3, -0.25) is 0 Å². The Labute approximate surface area is 136 Å². The standard InChI is InChI=1S/C16H16Br2O2/c1-19-15(11-7-3-5-9-13(11)17)16(20-2)12-8-4-6-10-14(12)18/h3-10,15-16H,1-2H3/t15-,16-/m1/s1. The summed E-state index contributed by atoms with van der Waals surface area (Å²) in [5.41, 5.74) is 2.13. The SMILES string of the molecule is CO[C@H](c1ccccc1Br)[C@H](OC)c1ccccc1Br. The summed E-state index contributed by atoms with van der Waals surface area (Å²) in [6.45, 7) is 0. The van der Waals surface area contributed by atoms with Gasteiger partial charge >= 0.3 is 0 Å². The van der Waals surface area contributed by atoms with Gasteiger partial charge in [-0.05, 0) is 23.3 Å². The van der Waals surface area contributed by atoms with E-state index in [1.54, 1.807) is 14.2 Å². The zero-order valence-electron chi connectivity index (χ0n) is 11.3. The highest BCUT2D eigenvalue weighted by atomic mass is 79.9. The van der Waals surface area contributed by atoms with Gasteiger partial charge in [-0.15, -0.1) is 0 Å². The van der Waals surface area contributed by atoms with Crippen LogP contribution < -0.4 is 0 Å². The Morgan fingerprint density at radius 1 is 0.700 bits per heavy atom. The maximum atomic E-state index is 5.70. The molecule has 0 saturated heterocycles. The molecule has 0 aliphatic heterocycles. The molecule has 2 aromatic rings. The smallest absolute Gasteiger partial charge is 0.114 e. The maximum absolute atomic E-state index is 5.70. The molecule has 0 unspecified atom stereocenters. The van der Waals surface area contributed by atoms with Crippen LogP contribution >= 0.6 is 31.9 Å². The van der Waals surface area contributed by atoms with E-state index in [0.29, 0.717) is 0 Å². The third-order valence-corrected chi connectivity index (χ3v) is 4.65. The summed E-state index contributed by atoms with van der Waals surface area (Å²) in [6, 6.07) is 16.1. The largest absolute Gasteiger partial charge is 0.374 e. The number of halogens is 2. The van der Waals surface area contributed by atoms with Crippen LogP contribution in [0.2, 0.25) is 0 Å². The Balaban J connectivity index is 2.44. The van der Waals surface area contributed by atoms with Crippen molar-refractivity contribution in [3.8, 4) is 0 Å². The van der Waals surface area contributed by atoms with Crippen LogP contribution in [-0.4, -0.2) is 14.2 Å². The number of methoxy groups -OCH3 is 2. The second-order valence-corrected chi connectivity index (χ2v) is 6.06. The minimum Gasteiger partial charge on any atom is -0.374 e. The van der Waals surface area contributed by atoms with Gasteiger partial charge in [0.05, 0.1) is 0 Å². The molecule has 0 heterocycles. The second kappa shape index (κ2) is 7.36. The van der Waals surface area contributed by atoms with Gasteiger partial charge in [0, 0.05) is 23.2 Å². The average Bonchev–Trinajstić information content (AvgIpc) is 2.47. The van der Waals surface area contributed by atoms with E-state index in [0.717, 1.165) is 20.1 Å². The Hall–Kier alpha value is -0.680. The fourth-order valence-electron chi connectivity index (χ4n) is 2.24. The van der Waals surface area contributed by atoms with Crippen LogP contribution in [0.4, 0.5) is 0 Å². The lowest BCUT2D eigenvalue weighted by molar-refractivity contribution is -0.0404. The van der Waals surface area contributed by atoms with Gasteiger partial charge < -0.3 is 9.47 Å². The van der Waals surface area contributed by atoms with Gasteiger partial charge in [0.1, 0.15) is 12.2 Å². The van der Waals surface area contributed by atoms with Crippen LogP contribution in [0.25, 0.3) is 0 Å². The molecule has 0 fully saturated rings. The molecule has 0 aliphatic rings. The molecule has 2 atom stereocenters. The fraction of sp³-hybridized carbons (Fsp3) is 0.250. The summed E-state index contributed by atoms with van der Waals surface area (Å²) in [5, 5.41) is 0. The van der Waals surface area contributed by atoms with E-state index in [9.17, 15) is 0 Å². The Kier molecular flexibility index (Phi) is 5.78. The first-order chi connectivity index (χ1) is 9.69. The predicted octanol–water partition coefficient (Wildman–Crippen LogP) is 5.29. The van der Waals surface area contributed by atoms with Gasteiger partial charge in [0.15, 0.2) is 0 Å². The normalized spacial score (nSPS) is 14.0. The molecule has 106 valence electrons. The molecule has 20 heavy (non-hydrogen) atoms. The van der Waals surface area contributed by atoms with Crippen LogP contribution in [0.1, 0.15) is 23.3 Å². The summed E-state index contributed by atoms with van der Waals surface area (Å²) in [4.78, 5) is 0. The highest BCUT2D eigenvalue weighted by molar-refractivity contribution is 9.10. The van der Waals surface area contributed by atoms with E-state index >= 15 is 0 Å². The zero-order valence-corrected chi connectivity index (χ0v) is 14.5. The van der Waals surface area contributed by atoms with E-state index in [2.05, 4.69) is 31.9 Å². The molecule has 0 bridgehead atoms. The van der Waals surface area contributed by atoms with Crippen molar-refractivity contribution in [1.82, 2.24) is 0 Å². The topological polar surface area (TPSA) is 18.5 Å². The molecule has 0 N–H and O–H groups in total. The second-order valence-electron chi connectivity index (χ2n) is 4.36. The van der Waals surface area contributed by atoms with Crippen molar-refractivity contribution in [3.63, 3.8) is 0 Å². The van der Waals surface area contributed by atoms with Crippen molar-refractivity contribution in [2.75, 3.05) is 14.2 Å². The van der Waals surface area contributed by atoms with Crippen molar-refractivity contribution in [2.24, 2.45) is 0 Å². The lowest BCUT2D eigenvalue weighted by Crippen LogP contribution is -2.16. The Morgan fingerprint density at radius 2 is 1.05 bits per heavy atom. The molecular formula is C16H16Br2O2. The highest BCUT2D eigenvalue weighted by Gasteiger charge is 2.27. The van der Waals surface area contributed by atoms with Gasteiger partial charge in [0.2, 0.25) is 0 Å². The minimum absolute atomic E-state index is 0.186. The number of rotatable bonds is 5. The van der Waals surface area contributed by atoms with E-state index in [-0.39, 0.29) is 12.2 Å². The van der Waals surface area contributed by atoms with Gasteiger partial charge in [-0.25, -0.2) is 0 Å². The molecule has 0 aliphatic carbocycles. The molecule has 2 aromatic carbocycles. The lowest BCUT2D eigenvalue weighted by Gasteiger charge is -2.27. The highest BCUT2D eigenvalue weighted by Crippen LogP contribution is 2.39. The third kappa shape index (κ3) is 3.31. The molecule has 0 saturated carbocycles. The number of ether oxygens (including phenoxy) is 2. The quantitative estimate of drug-likeness (QED) is 0.680. The molecular weight excluding hydrogens is 384 g/mol. The zero-order chi connectivity index (χ0) is 14.5. The fourth-order valence-corrected chi connectivity index (χ4v) is 3.26. The molecule has 4 heteroatoms. The number of benzene rings is 2. The van der Waals surface area contributed by atoms with Crippen molar-refractivity contribution < 1.29 is 9.47 Å². The van der Waals surface area contributed by atoms with Crippen LogP contribution in [0.15, 0.2) is 57.5 Å². The average molecular weight is 400 g/mol. The first kappa shape index (κ1) is 15.7. The van der Waals surface area contributed by atoms with Gasteiger partial charge in [0.25, 0.3) is 0 Å². The lowest BCUT2D eigenvalue weighted by atomic mass is 9.98. The minimum atomic E-state index is -0.186. The molecule has 2 nitrogen and oxygen atoms in total. The van der Waals surface area contributed by atoms with E-state index in [1.165, 1.54) is 0 Å². The van der Waals surface area contributed by atoms with Gasteiger partial charge in [-0.1, -0.05) is 68.3 Å². The van der Waals surface area contributed by atoms with Crippen LogP contribution in [0.3, 0.4) is 0 Å². The van der Waals surface area contributed by atoms with E-state index in [1.807, 2.05) is 48.5 Å². The molecule has 0 spiro atoms. The summed E-state index contributed by atoms with van der Waals surface area (Å²) in [7, 11) is 3.40. The number of hydrogen-bond donors (Lipinski definition) is 0. The van der Waals surface area contributed by atoms with Crippen LogP contribution in [0.5, 0.6) is 0 Å². The molecule has 0 radical (unpaired) electrons. The van der Waals surface area contributed by atoms with E-state index in [4.69, 9.17) is 9.47 Å². The summed E-state index contributed by atoms with van der Waals surface area (Å²) >= 11 is 7.16. The van der Waals surface area contributed by atoms with Crippen molar-refractivity contribution in [2.45, 2.75) is 12.2 Å². The first-order valence-electron chi connectivity index (χ1n) is 6.23. The summed E-state index contributed by atoms with van der Waals surface area (Å²) in [6.07, 6.45) is -0.372. The monoisotopic (exact) mass is 398 g/mol. The Morgan fingerprint density at radius 3 is 1.35 bits per heavy atom. The van der Waals surface area contributed by atoms with Gasteiger partial charge in [-0.2, -0.15) is 0 Å². The molecule has 2 rings (SSSR count). The molecule has 0 amide bonds. The van der Waals surface area contributed by atoms with Crippen LogP contribution in [-0.2, 0) is 9.47 Å². The van der Waals surface area contributed by atoms with Crippen molar-refractivity contribution in [3.05, 3.63) is 68.6 Å². The van der Waals surface area contributed by atoms with E-state index < -0.39 is 0 Å².